The van der Waals surface area contributed by atoms with E-state index in [9.17, 15) is 13.2 Å². The Morgan fingerprint density at radius 2 is 1.65 bits per heavy atom. The molecule has 1 atom stereocenters. The summed E-state index contributed by atoms with van der Waals surface area (Å²) in [5, 5.41) is 2.66. The molecule has 0 spiro atoms. The number of nitrogens with one attached hydrogen (secondary N) is 2. The third kappa shape index (κ3) is 6.72. The molecule has 0 saturated heterocycles. The maximum atomic E-state index is 12.3. The minimum Gasteiger partial charge on any atom is -0.325 e. The van der Waals surface area contributed by atoms with E-state index in [0.717, 1.165) is 5.75 Å². The van der Waals surface area contributed by atoms with E-state index in [1.54, 1.807) is 36.0 Å². The molecule has 2 rings (SSSR count). The highest BCUT2D eigenvalue weighted by Gasteiger charge is 2.14. The summed E-state index contributed by atoms with van der Waals surface area (Å²) in [6, 6.07) is 16.7. The van der Waals surface area contributed by atoms with Crippen LogP contribution in [0.5, 0.6) is 0 Å². The molecule has 0 radical (unpaired) electrons. The third-order valence-electron chi connectivity index (χ3n) is 3.61. The first-order valence-corrected chi connectivity index (χ1v) is 11.2. The number of rotatable bonds is 9. The average molecular weight is 393 g/mol. The third-order valence-corrected chi connectivity index (χ3v) is 6.32. The molecular weight excluding hydrogens is 368 g/mol. The molecule has 5 nitrogen and oxygen atoms in total. The molecule has 0 bridgehead atoms. The van der Waals surface area contributed by atoms with E-state index in [0.29, 0.717) is 17.8 Å². The zero-order chi connectivity index (χ0) is 19.0. The van der Waals surface area contributed by atoms with E-state index >= 15 is 0 Å². The molecule has 26 heavy (non-hydrogen) atoms. The Balaban J connectivity index is 1.86. The van der Waals surface area contributed by atoms with Crippen molar-refractivity contribution in [3.8, 4) is 0 Å². The van der Waals surface area contributed by atoms with Crippen LogP contribution in [0.25, 0.3) is 0 Å². The minimum atomic E-state index is -3.31. The number of thioether (sulfide) groups is 1. The first kappa shape index (κ1) is 20.3. The van der Waals surface area contributed by atoms with Gasteiger partial charge in [0.25, 0.3) is 0 Å². The van der Waals surface area contributed by atoms with Crippen molar-refractivity contribution in [1.82, 2.24) is 0 Å². The van der Waals surface area contributed by atoms with Gasteiger partial charge < -0.3 is 5.32 Å². The van der Waals surface area contributed by atoms with Gasteiger partial charge in [0.15, 0.2) is 0 Å². The smallest absolute Gasteiger partial charge is 0.237 e. The van der Waals surface area contributed by atoms with Gasteiger partial charge in [-0.3, -0.25) is 9.52 Å². The maximum Gasteiger partial charge on any atom is 0.237 e. The van der Waals surface area contributed by atoms with Gasteiger partial charge in [0, 0.05) is 17.1 Å². The van der Waals surface area contributed by atoms with E-state index in [-0.39, 0.29) is 16.9 Å². The summed E-state index contributed by atoms with van der Waals surface area (Å²) < 4.78 is 26.0. The van der Waals surface area contributed by atoms with E-state index in [1.807, 2.05) is 44.2 Å². The Bertz CT molecular complexity index is 806. The summed E-state index contributed by atoms with van der Waals surface area (Å²) in [5.41, 5.74) is 2.31. The molecule has 140 valence electrons. The molecule has 0 aliphatic rings. The Kier molecular flexibility index (Phi) is 7.53. The second-order valence-corrected chi connectivity index (χ2v) is 9.10. The standard InChI is InChI=1S/C19H24N2O3S2/c1-3-13-26(23,24)21-18-11-9-17(10-12-18)20-19(22)15(2)25-14-16-7-5-4-6-8-16/h4-12,15,21H,3,13-14H2,1-2H3,(H,20,22). The van der Waals surface area contributed by atoms with Crippen molar-refractivity contribution in [2.45, 2.75) is 31.3 Å². The van der Waals surface area contributed by atoms with Gasteiger partial charge in [-0.2, -0.15) is 0 Å². The molecule has 2 aromatic carbocycles. The van der Waals surface area contributed by atoms with Gasteiger partial charge in [-0.25, -0.2) is 8.42 Å². The van der Waals surface area contributed by atoms with Crippen LogP contribution in [0.15, 0.2) is 54.6 Å². The fourth-order valence-corrected chi connectivity index (χ4v) is 4.22. The Morgan fingerprint density at radius 3 is 2.27 bits per heavy atom. The van der Waals surface area contributed by atoms with Crippen LogP contribution in [0.4, 0.5) is 11.4 Å². The van der Waals surface area contributed by atoms with Crippen molar-refractivity contribution in [2.24, 2.45) is 0 Å². The minimum absolute atomic E-state index is 0.0785. The van der Waals surface area contributed by atoms with Crippen LogP contribution in [0.2, 0.25) is 0 Å². The van der Waals surface area contributed by atoms with Crippen molar-refractivity contribution in [3.63, 3.8) is 0 Å². The molecule has 0 saturated carbocycles. The second-order valence-electron chi connectivity index (χ2n) is 5.93. The normalized spacial score (nSPS) is 12.4. The largest absolute Gasteiger partial charge is 0.325 e. The van der Waals surface area contributed by atoms with Crippen LogP contribution in [0.3, 0.4) is 0 Å². The first-order valence-electron chi connectivity index (χ1n) is 8.46. The zero-order valence-corrected chi connectivity index (χ0v) is 16.6. The van der Waals surface area contributed by atoms with Crippen molar-refractivity contribution < 1.29 is 13.2 Å². The van der Waals surface area contributed by atoms with Crippen LogP contribution in [0.1, 0.15) is 25.8 Å². The summed E-state index contributed by atoms with van der Waals surface area (Å²) in [5.74, 6) is 0.778. The van der Waals surface area contributed by atoms with Crippen LogP contribution < -0.4 is 10.0 Å². The number of anilines is 2. The molecule has 0 heterocycles. The van der Waals surface area contributed by atoms with Gasteiger partial charge in [0.05, 0.1) is 11.0 Å². The lowest BCUT2D eigenvalue weighted by atomic mass is 10.2. The highest BCUT2D eigenvalue weighted by Crippen LogP contribution is 2.20. The molecular formula is C19H24N2O3S2. The molecule has 0 aromatic heterocycles. The molecule has 1 amide bonds. The van der Waals surface area contributed by atoms with Crippen LogP contribution in [-0.4, -0.2) is 25.3 Å². The quantitative estimate of drug-likeness (QED) is 0.674. The van der Waals surface area contributed by atoms with Crippen LogP contribution >= 0.6 is 11.8 Å². The van der Waals surface area contributed by atoms with E-state index < -0.39 is 10.0 Å². The highest BCUT2D eigenvalue weighted by molar-refractivity contribution is 7.99. The summed E-state index contributed by atoms with van der Waals surface area (Å²) >= 11 is 1.57. The molecule has 0 fully saturated rings. The Labute approximate surface area is 159 Å². The molecule has 1 unspecified atom stereocenters. The monoisotopic (exact) mass is 392 g/mol. The molecule has 0 aliphatic carbocycles. The number of hydrogen-bond donors (Lipinski definition) is 2. The molecule has 2 N–H and O–H groups in total. The van der Waals surface area contributed by atoms with Crippen molar-refractivity contribution >= 4 is 39.1 Å². The fourth-order valence-electron chi connectivity index (χ4n) is 2.24. The fraction of sp³-hybridized carbons (Fsp3) is 0.316. The topological polar surface area (TPSA) is 75.3 Å². The van der Waals surface area contributed by atoms with Crippen molar-refractivity contribution in [1.29, 1.82) is 0 Å². The van der Waals surface area contributed by atoms with Gasteiger partial charge in [-0.05, 0) is 43.2 Å². The van der Waals surface area contributed by atoms with Gasteiger partial charge in [0.2, 0.25) is 15.9 Å². The lowest BCUT2D eigenvalue weighted by Crippen LogP contribution is -2.22. The van der Waals surface area contributed by atoms with Crippen molar-refractivity contribution in [3.05, 3.63) is 60.2 Å². The number of carbonyl (C=O) groups is 1. The summed E-state index contributed by atoms with van der Waals surface area (Å²) in [7, 11) is -3.31. The maximum absolute atomic E-state index is 12.3. The summed E-state index contributed by atoms with van der Waals surface area (Å²) in [4.78, 5) is 12.3. The number of sulfonamides is 1. The van der Waals surface area contributed by atoms with Gasteiger partial charge >= 0.3 is 0 Å². The van der Waals surface area contributed by atoms with E-state index in [2.05, 4.69) is 10.0 Å². The van der Waals surface area contributed by atoms with E-state index in [4.69, 9.17) is 0 Å². The van der Waals surface area contributed by atoms with Crippen molar-refractivity contribution in [2.75, 3.05) is 15.8 Å². The lowest BCUT2D eigenvalue weighted by Gasteiger charge is -2.13. The van der Waals surface area contributed by atoms with Crippen LogP contribution in [0, 0.1) is 0 Å². The number of amides is 1. The van der Waals surface area contributed by atoms with E-state index in [1.165, 1.54) is 5.56 Å². The number of carbonyl (C=O) groups excluding carboxylic acids is 1. The zero-order valence-electron chi connectivity index (χ0n) is 14.9. The molecule has 7 heteroatoms. The van der Waals surface area contributed by atoms with Gasteiger partial charge in [-0.15, -0.1) is 11.8 Å². The number of hydrogen-bond acceptors (Lipinski definition) is 4. The first-order chi connectivity index (χ1) is 12.4. The van der Waals surface area contributed by atoms with Gasteiger partial charge in [0.1, 0.15) is 0 Å². The predicted molar refractivity (Wildman–Crippen MR) is 110 cm³/mol. The summed E-state index contributed by atoms with van der Waals surface area (Å²) in [6.07, 6.45) is 0.558. The Morgan fingerprint density at radius 1 is 1.04 bits per heavy atom. The SMILES string of the molecule is CCCS(=O)(=O)Nc1ccc(NC(=O)C(C)SCc2ccccc2)cc1. The lowest BCUT2D eigenvalue weighted by molar-refractivity contribution is -0.115. The highest BCUT2D eigenvalue weighted by atomic mass is 32.2. The van der Waals surface area contributed by atoms with Crippen LogP contribution in [-0.2, 0) is 20.6 Å². The predicted octanol–water partition coefficient (Wildman–Crippen LogP) is 4.10. The Hall–Kier alpha value is -1.99. The second kappa shape index (κ2) is 9.64. The molecule has 0 aliphatic heterocycles. The molecule has 2 aromatic rings. The van der Waals surface area contributed by atoms with Gasteiger partial charge in [-0.1, -0.05) is 37.3 Å². The number of benzene rings is 2. The average Bonchev–Trinajstić information content (AvgIpc) is 2.61. The summed E-state index contributed by atoms with van der Waals surface area (Å²) in [6.45, 7) is 3.69.